The fourth-order valence-electron chi connectivity index (χ4n) is 5.14. The lowest BCUT2D eigenvalue weighted by molar-refractivity contribution is -0.144. The van der Waals surface area contributed by atoms with Crippen LogP contribution in [0.3, 0.4) is 0 Å². The van der Waals surface area contributed by atoms with E-state index in [2.05, 4.69) is 11.4 Å². The lowest BCUT2D eigenvalue weighted by Crippen LogP contribution is -2.40. The van der Waals surface area contributed by atoms with Crippen LogP contribution in [0.1, 0.15) is 63.6 Å². The number of aliphatic carboxylic acids is 1. The number of nitrogens with zero attached hydrogens (tertiary/aromatic N) is 1. The van der Waals surface area contributed by atoms with Gasteiger partial charge in [-0.25, -0.2) is 4.79 Å². The predicted octanol–water partition coefficient (Wildman–Crippen LogP) is 5.82. The van der Waals surface area contributed by atoms with E-state index in [0.717, 1.165) is 46.7 Å². The molecular weight excluding hydrogens is 444 g/mol. The first-order valence-electron chi connectivity index (χ1n) is 12.4. The number of benzene rings is 2. The molecule has 4 rings (SSSR count). The number of ether oxygens (including phenoxy) is 2. The van der Waals surface area contributed by atoms with E-state index >= 15 is 0 Å². The van der Waals surface area contributed by atoms with Crippen molar-refractivity contribution < 1.29 is 24.2 Å². The molecule has 0 aromatic heterocycles. The normalized spacial score (nSPS) is 17.9. The smallest absolute Gasteiger partial charge is 0.414 e. The summed E-state index contributed by atoms with van der Waals surface area (Å²) in [4.78, 5) is 26.5. The topological polar surface area (TPSA) is 88.1 Å². The van der Waals surface area contributed by atoms with Gasteiger partial charge in [-0.3, -0.25) is 9.69 Å². The van der Waals surface area contributed by atoms with Crippen molar-refractivity contribution in [1.82, 2.24) is 0 Å². The Morgan fingerprint density at radius 1 is 1.23 bits per heavy atom. The van der Waals surface area contributed by atoms with Crippen molar-refractivity contribution in [1.29, 1.82) is 0 Å². The number of carbonyl (C=O) groups excluding carboxylic acids is 1. The highest BCUT2D eigenvalue weighted by atomic mass is 16.6. The number of anilines is 2. The van der Waals surface area contributed by atoms with Crippen molar-refractivity contribution in [2.75, 3.05) is 23.4 Å². The van der Waals surface area contributed by atoms with Gasteiger partial charge in [0.2, 0.25) is 0 Å². The molecule has 2 aliphatic rings. The summed E-state index contributed by atoms with van der Waals surface area (Å²) in [6, 6.07) is 12.0. The molecule has 2 heterocycles. The van der Waals surface area contributed by atoms with Crippen LogP contribution in [0.25, 0.3) is 0 Å². The van der Waals surface area contributed by atoms with Gasteiger partial charge in [0.15, 0.2) is 0 Å². The fraction of sp³-hybridized carbons (Fsp3) is 0.500. The standard InChI is InChI=1S/C28H36N2O5/c1-17(2)24(26(31)32)22-16-34-23-14-20(11-12-21(22)23)29-15-19-9-6-8-18-10-7-13-30(25(18)19)27(33)35-28(3,4)5/h6,8-9,11-12,14,17,22,24,29H,7,10,13,15-16H2,1-5H3,(H,31,32). The Balaban J connectivity index is 1.53. The van der Waals surface area contributed by atoms with Crippen molar-refractivity contribution in [2.45, 2.75) is 65.5 Å². The number of hydrogen-bond acceptors (Lipinski definition) is 5. The number of carboxylic acids is 1. The summed E-state index contributed by atoms with van der Waals surface area (Å²) in [6.07, 6.45) is 1.51. The highest BCUT2D eigenvalue weighted by Gasteiger charge is 2.37. The maximum atomic E-state index is 12.9. The average molecular weight is 481 g/mol. The highest BCUT2D eigenvalue weighted by molar-refractivity contribution is 5.90. The zero-order valence-electron chi connectivity index (χ0n) is 21.3. The number of fused-ring (bicyclic) bond motifs is 2. The van der Waals surface area contributed by atoms with Gasteiger partial charge in [0, 0.05) is 36.3 Å². The Kier molecular flexibility index (Phi) is 6.97. The van der Waals surface area contributed by atoms with Crippen LogP contribution in [0.2, 0.25) is 0 Å². The number of rotatable bonds is 6. The molecule has 0 aliphatic carbocycles. The number of carboxylic acid groups (broad SMARTS) is 1. The second-order valence-electron chi connectivity index (χ2n) is 10.8. The Morgan fingerprint density at radius 2 is 2.00 bits per heavy atom. The molecular formula is C28H36N2O5. The highest BCUT2D eigenvalue weighted by Crippen LogP contribution is 2.42. The molecule has 7 heteroatoms. The van der Waals surface area contributed by atoms with Gasteiger partial charge in [0.25, 0.3) is 0 Å². The van der Waals surface area contributed by atoms with Crippen molar-refractivity contribution in [2.24, 2.45) is 11.8 Å². The molecule has 1 amide bonds. The Morgan fingerprint density at radius 3 is 2.69 bits per heavy atom. The molecule has 35 heavy (non-hydrogen) atoms. The van der Waals surface area contributed by atoms with Gasteiger partial charge < -0.3 is 19.9 Å². The SMILES string of the molecule is CC(C)C(C(=O)O)C1COc2cc(NCc3cccc4c3N(C(=O)OC(C)(C)C)CCC4)ccc21. The van der Waals surface area contributed by atoms with Gasteiger partial charge in [-0.05, 0) is 56.7 Å². The van der Waals surface area contributed by atoms with E-state index in [1.54, 1.807) is 4.90 Å². The summed E-state index contributed by atoms with van der Waals surface area (Å²) in [5, 5.41) is 13.2. The molecule has 2 atom stereocenters. The number of aryl methyl sites for hydroxylation is 1. The second kappa shape index (κ2) is 9.80. The molecule has 0 saturated heterocycles. The summed E-state index contributed by atoms with van der Waals surface area (Å²) < 4.78 is 11.6. The van der Waals surface area contributed by atoms with Crippen molar-refractivity contribution in [3.8, 4) is 5.75 Å². The van der Waals surface area contributed by atoms with Gasteiger partial charge in [-0.1, -0.05) is 38.1 Å². The molecule has 0 saturated carbocycles. The monoisotopic (exact) mass is 480 g/mol. The van der Waals surface area contributed by atoms with Crippen LogP contribution in [-0.2, 0) is 22.5 Å². The summed E-state index contributed by atoms with van der Waals surface area (Å²) in [5.41, 5.74) is 4.38. The molecule has 0 spiro atoms. The molecule has 0 radical (unpaired) electrons. The zero-order chi connectivity index (χ0) is 25.3. The van der Waals surface area contributed by atoms with Crippen LogP contribution >= 0.6 is 0 Å². The van der Waals surface area contributed by atoms with E-state index in [0.29, 0.717) is 19.7 Å². The molecule has 2 aromatic rings. The summed E-state index contributed by atoms with van der Waals surface area (Å²) in [7, 11) is 0. The van der Waals surface area contributed by atoms with Crippen LogP contribution in [0.15, 0.2) is 36.4 Å². The fourth-order valence-corrected chi connectivity index (χ4v) is 5.14. The van der Waals surface area contributed by atoms with Crippen molar-refractivity contribution >= 4 is 23.4 Å². The third-order valence-corrected chi connectivity index (χ3v) is 6.67. The maximum Gasteiger partial charge on any atom is 0.414 e. The minimum atomic E-state index is -0.785. The molecule has 2 N–H and O–H groups in total. The third-order valence-electron chi connectivity index (χ3n) is 6.67. The first-order valence-corrected chi connectivity index (χ1v) is 12.4. The van der Waals surface area contributed by atoms with E-state index < -0.39 is 17.5 Å². The van der Waals surface area contributed by atoms with Gasteiger partial charge in [0.05, 0.1) is 18.2 Å². The molecule has 2 aromatic carbocycles. The van der Waals surface area contributed by atoms with Gasteiger partial charge in [0.1, 0.15) is 11.4 Å². The number of nitrogens with one attached hydrogen (secondary N) is 1. The largest absolute Gasteiger partial charge is 0.493 e. The molecule has 2 unspecified atom stereocenters. The Labute approximate surface area is 207 Å². The Hall–Kier alpha value is -3.22. The lowest BCUT2D eigenvalue weighted by Gasteiger charge is -2.33. The number of hydrogen-bond donors (Lipinski definition) is 2. The number of carbonyl (C=O) groups is 2. The maximum absolute atomic E-state index is 12.9. The average Bonchev–Trinajstić information content (AvgIpc) is 3.18. The van der Waals surface area contributed by atoms with Crippen LogP contribution in [-0.4, -0.2) is 35.9 Å². The summed E-state index contributed by atoms with van der Waals surface area (Å²) in [6.45, 7) is 11.1. The van der Waals surface area contributed by atoms with E-state index in [-0.39, 0.29) is 17.9 Å². The zero-order valence-corrected chi connectivity index (χ0v) is 21.3. The van der Waals surface area contributed by atoms with Crippen LogP contribution in [0.4, 0.5) is 16.2 Å². The van der Waals surface area contributed by atoms with Gasteiger partial charge in [-0.2, -0.15) is 0 Å². The van der Waals surface area contributed by atoms with Crippen LogP contribution in [0, 0.1) is 11.8 Å². The van der Waals surface area contributed by atoms with E-state index in [1.165, 1.54) is 0 Å². The van der Waals surface area contributed by atoms with Crippen LogP contribution in [0.5, 0.6) is 5.75 Å². The molecule has 188 valence electrons. The lowest BCUT2D eigenvalue weighted by atomic mass is 9.80. The number of para-hydroxylation sites is 1. The van der Waals surface area contributed by atoms with E-state index in [1.807, 2.05) is 65.0 Å². The second-order valence-corrected chi connectivity index (χ2v) is 10.8. The quantitative estimate of drug-likeness (QED) is 0.542. The van der Waals surface area contributed by atoms with Gasteiger partial charge in [-0.15, -0.1) is 0 Å². The van der Waals surface area contributed by atoms with E-state index in [4.69, 9.17) is 9.47 Å². The van der Waals surface area contributed by atoms with Crippen molar-refractivity contribution in [3.05, 3.63) is 53.1 Å². The molecule has 0 fully saturated rings. The summed E-state index contributed by atoms with van der Waals surface area (Å²) >= 11 is 0. The van der Waals surface area contributed by atoms with Gasteiger partial charge >= 0.3 is 12.1 Å². The Bertz CT molecular complexity index is 1110. The first kappa shape index (κ1) is 24.9. The molecule has 0 bridgehead atoms. The van der Waals surface area contributed by atoms with Crippen molar-refractivity contribution in [3.63, 3.8) is 0 Å². The minimum Gasteiger partial charge on any atom is -0.493 e. The molecule has 7 nitrogen and oxygen atoms in total. The van der Waals surface area contributed by atoms with E-state index in [9.17, 15) is 14.7 Å². The van der Waals surface area contributed by atoms with Crippen LogP contribution < -0.4 is 15.0 Å². The minimum absolute atomic E-state index is 0.0158. The third kappa shape index (κ3) is 5.39. The number of amides is 1. The predicted molar refractivity (Wildman–Crippen MR) is 136 cm³/mol. The summed E-state index contributed by atoms with van der Waals surface area (Å²) in [5.74, 6) is -0.670. The molecule has 2 aliphatic heterocycles. The first-order chi connectivity index (χ1) is 16.5.